The van der Waals surface area contributed by atoms with Gasteiger partial charge in [-0.1, -0.05) is 18.2 Å². The fraction of sp³-hybridized carbons (Fsp3) is 0.455. The molecule has 1 N–H and O–H groups in total. The molecule has 0 atom stereocenters. The molecule has 0 amide bonds. The first kappa shape index (κ1) is 23.0. The number of ether oxygens (including phenoxy) is 1. The minimum atomic E-state index is -4.43. The van der Waals surface area contributed by atoms with Crippen molar-refractivity contribution >= 4 is 11.0 Å². The van der Waals surface area contributed by atoms with Crippen LogP contribution in [0.15, 0.2) is 36.5 Å². The predicted molar refractivity (Wildman–Crippen MR) is 115 cm³/mol. The summed E-state index contributed by atoms with van der Waals surface area (Å²) in [5.41, 5.74) is 2.95. The van der Waals surface area contributed by atoms with E-state index >= 15 is 0 Å². The third-order valence-electron chi connectivity index (χ3n) is 4.83. The van der Waals surface area contributed by atoms with E-state index in [9.17, 15) is 13.2 Å². The normalized spacial score (nSPS) is 12.3. The molecule has 3 rings (SSSR count). The third kappa shape index (κ3) is 5.95. The van der Waals surface area contributed by atoms with Crippen LogP contribution in [0.2, 0.25) is 0 Å². The molecule has 2 aromatic heterocycles. The summed E-state index contributed by atoms with van der Waals surface area (Å²) in [6, 6.07) is 9.42. The van der Waals surface area contributed by atoms with Gasteiger partial charge in [-0.05, 0) is 39.6 Å². The van der Waals surface area contributed by atoms with Crippen molar-refractivity contribution in [3.8, 4) is 17.0 Å². The zero-order valence-corrected chi connectivity index (χ0v) is 18.2. The lowest BCUT2D eigenvalue weighted by Gasteiger charge is -2.17. The Morgan fingerprint density at radius 2 is 2.00 bits per heavy atom. The molecule has 2 heterocycles. The number of aromatic nitrogens is 3. The number of benzene rings is 1. The van der Waals surface area contributed by atoms with Crippen molar-refractivity contribution < 1.29 is 17.9 Å². The first-order valence-corrected chi connectivity index (χ1v) is 10.2. The van der Waals surface area contributed by atoms with Gasteiger partial charge in [-0.3, -0.25) is 0 Å². The minimum absolute atomic E-state index is 0.00266. The van der Waals surface area contributed by atoms with Gasteiger partial charge in [0.05, 0.1) is 17.3 Å². The van der Waals surface area contributed by atoms with Gasteiger partial charge in [0.2, 0.25) is 0 Å². The van der Waals surface area contributed by atoms with Crippen molar-refractivity contribution in [2.24, 2.45) is 0 Å². The van der Waals surface area contributed by atoms with Gasteiger partial charge in [-0.15, -0.1) is 0 Å². The Morgan fingerprint density at radius 3 is 2.68 bits per heavy atom. The van der Waals surface area contributed by atoms with Crippen molar-refractivity contribution in [3.63, 3.8) is 0 Å². The molecular formula is C22H28F3N5O. The Balaban J connectivity index is 1.99. The number of likely N-dealkylation sites (N-methyl/N-ethyl adjacent to an activating group) is 2. The van der Waals surface area contributed by atoms with Gasteiger partial charge in [-0.2, -0.15) is 18.3 Å². The van der Waals surface area contributed by atoms with Gasteiger partial charge >= 0.3 is 6.18 Å². The predicted octanol–water partition coefficient (Wildman–Crippen LogP) is 4.27. The molecule has 0 aliphatic carbocycles. The number of pyridine rings is 1. The molecular weight excluding hydrogens is 407 g/mol. The van der Waals surface area contributed by atoms with Gasteiger partial charge in [0.1, 0.15) is 5.75 Å². The number of rotatable bonds is 9. The average molecular weight is 435 g/mol. The first-order chi connectivity index (χ1) is 14.7. The van der Waals surface area contributed by atoms with E-state index in [0.29, 0.717) is 16.7 Å². The van der Waals surface area contributed by atoms with Gasteiger partial charge in [0.25, 0.3) is 0 Å². The van der Waals surface area contributed by atoms with Crippen molar-refractivity contribution in [2.45, 2.75) is 32.6 Å². The second kappa shape index (κ2) is 9.65. The van der Waals surface area contributed by atoms with Crippen LogP contribution in [-0.2, 0) is 6.54 Å². The van der Waals surface area contributed by atoms with E-state index in [4.69, 9.17) is 9.72 Å². The summed E-state index contributed by atoms with van der Waals surface area (Å²) in [6.07, 6.45) is -2.92. The smallest absolute Gasteiger partial charge is 0.422 e. The summed E-state index contributed by atoms with van der Waals surface area (Å²) in [5, 5.41) is 7.89. The minimum Gasteiger partial charge on any atom is -0.483 e. The second-order valence-electron chi connectivity index (χ2n) is 7.87. The van der Waals surface area contributed by atoms with Gasteiger partial charge in [0.15, 0.2) is 12.3 Å². The highest BCUT2D eigenvalue weighted by molar-refractivity contribution is 5.85. The van der Waals surface area contributed by atoms with Gasteiger partial charge in [-0.25, -0.2) is 9.67 Å². The number of alkyl halides is 3. The van der Waals surface area contributed by atoms with E-state index in [2.05, 4.69) is 15.3 Å². The Kier molecular flexibility index (Phi) is 7.17. The molecule has 0 saturated heterocycles. The van der Waals surface area contributed by atoms with E-state index in [0.717, 1.165) is 30.8 Å². The SMILES string of the molecule is CNCCN(C)Cc1cccc(-c2cc(OCC(F)(F)F)c3cnn(C(C)C)c3n2)c1. The zero-order valence-electron chi connectivity index (χ0n) is 18.2. The number of nitrogens with zero attached hydrogens (tertiary/aromatic N) is 4. The summed E-state index contributed by atoms with van der Waals surface area (Å²) >= 11 is 0. The standard InChI is InChI=1S/C22H28F3N5O/c1-15(2)30-21-18(12-27-30)20(31-14-22(23,24)25)11-19(28-21)17-7-5-6-16(10-17)13-29(4)9-8-26-3/h5-7,10-12,15,26H,8-9,13-14H2,1-4H3. The lowest BCUT2D eigenvalue weighted by atomic mass is 10.1. The molecule has 0 fully saturated rings. The quantitative estimate of drug-likeness (QED) is 0.544. The highest BCUT2D eigenvalue weighted by Crippen LogP contribution is 2.32. The van der Waals surface area contributed by atoms with Crippen LogP contribution in [0.3, 0.4) is 0 Å². The van der Waals surface area contributed by atoms with Gasteiger partial charge < -0.3 is 15.0 Å². The summed E-state index contributed by atoms with van der Waals surface area (Å²) in [5.74, 6) is 0.126. The van der Waals surface area contributed by atoms with Crippen molar-refractivity contribution in [2.75, 3.05) is 33.8 Å². The van der Waals surface area contributed by atoms with E-state index in [1.54, 1.807) is 10.7 Å². The zero-order chi connectivity index (χ0) is 22.6. The Morgan fingerprint density at radius 1 is 1.23 bits per heavy atom. The maximum Gasteiger partial charge on any atom is 0.422 e. The van der Waals surface area contributed by atoms with Crippen molar-refractivity contribution in [1.29, 1.82) is 0 Å². The van der Waals surface area contributed by atoms with Gasteiger partial charge in [0, 0.05) is 37.3 Å². The monoisotopic (exact) mass is 435 g/mol. The van der Waals surface area contributed by atoms with E-state index in [-0.39, 0.29) is 11.8 Å². The van der Waals surface area contributed by atoms with Crippen LogP contribution < -0.4 is 10.1 Å². The lowest BCUT2D eigenvalue weighted by molar-refractivity contribution is -0.153. The lowest BCUT2D eigenvalue weighted by Crippen LogP contribution is -2.26. The third-order valence-corrected chi connectivity index (χ3v) is 4.83. The molecule has 6 nitrogen and oxygen atoms in total. The Hall–Kier alpha value is -2.65. The highest BCUT2D eigenvalue weighted by Gasteiger charge is 2.29. The molecule has 1 aromatic carbocycles. The molecule has 0 aliphatic rings. The number of hydrogen-bond acceptors (Lipinski definition) is 5. The molecule has 0 radical (unpaired) electrons. The summed E-state index contributed by atoms with van der Waals surface area (Å²) in [4.78, 5) is 6.91. The van der Waals surface area contributed by atoms with Crippen LogP contribution in [0.5, 0.6) is 5.75 Å². The topological polar surface area (TPSA) is 55.2 Å². The van der Waals surface area contributed by atoms with Crippen LogP contribution in [0.4, 0.5) is 13.2 Å². The average Bonchev–Trinajstić information content (AvgIpc) is 3.14. The molecule has 0 saturated carbocycles. The molecule has 3 aromatic rings. The molecule has 168 valence electrons. The Labute approximate surface area is 180 Å². The number of hydrogen-bond donors (Lipinski definition) is 1. The van der Waals surface area contributed by atoms with E-state index in [1.165, 1.54) is 6.20 Å². The number of fused-ring (bicyclic) bond motifs is 1. The largest absolute Gasteiger partial charge is 0.483 e. The van der Waals surface area contributed by atoms with Crippen LogP contribution in [0.25, 0.3) is 22.3 Å². The molecule has 31 heavy (non-hydrogen) atoms. The Bertz CT molecular complexity index is 1020. The van der Waals surface area contributed by atoms with E-state index in [1.807, 2.05) is 52.2 Å². The maximum absolute atomic E-state index is 12.8. The van der Waals surface area contributed by atoms with Crippen LogP contribution >= 0.6 is 0 Å². The van der Waals surface area contributed by atoms with Crippen LogP contribution in [0, 0.1) is 0 Å². The summed E-state index contributed by atoms with van der Waals surface area (Å²) < 4.78 is 45.2. The maximum atomic E-state index is 12.8. The molecule has 0 bridgehead atoms. The molecule has 0 aliphatic heterocycles. The molecule has 9 heteroatoms. The van der Waals surface area contributed by atoms with E-state index < -0.39 is 12.8 Å². The number of nitrogens with one attached hydrogen (secondary N) is 1. The number of halogens is 3. The first-order valence-electron chi connectivity index (χ1n) is 10.2. The second-order valence-corrected chi connectivity index (χ2v) is 7.87. The summed E-state index contributed by atoms with van der Waals surface area (Å²) in [7, 11) is 3.95. The van der Waals surface area contributed by atoms with Crippen molar-refractivity contribution in [3.05, 3.63) is 42.1 Å². The fourth-order valence-corrected chi connectivity index (χ4v) is 3.32. The molecule has 0 spiro atoms. The summed E-state index contributed by atoms with van der Waals surface area (Å²) in [6.45, 7) is 5.05. The fourth-order valence-electron chi connectivity index (χ4n) is 3.32. The van der Waals surface area contributed by atoms with Crippen LogP contribution in [0.1, 0.15) is 25.5 Å². The molecule has 0 unspecified atom stereocenters. The van der Waals surface area contributed by atoms with Crippen molar-refractivity contribution in [1.82, 2.24) is 25.0 Å². The highest BCUT2D eigenvalue weighted by atomic mass is 19.4. The van der Waals surface area contributed by atoms with Crippen LogP contribution in [-0.4, -0.2) is 59.6 Å².